The van der Waals surface area contributed by atoms with Crippen LogP contribution in [0.1, 0.15) is 27.0 Å². The number of rotatable bonds is 5. The minimum Gasteiger partial charge on any atom is -0.287 e. The zero-order chi connectivity index (χ0) is 18.2. The van der Waals surface area contributed by atoms with E-state index in [1.54, 1.807) is 42.6 Å². The van der Waals surface area contributed by atoms with Crippen LogP contribution in [-0.4, -0.2) is 17.7 Å². The predicted octanol–water partition coefficient (Wildman–Crippen LogP) is 4.26. The van der Waals surface area contributed by atoms with Crippen LogP contribution >= 0.6 is 0 Å². The van der Waals surface area contributed by atoms with Crippen molar-refractivity contribution in [2.24, 2.45) is 10.2 Å². The third kappa shape index (κ3) is 4.16. The summed E-state index contributed by atoms with van der Waals surface area (Å²) in [4.78, 5) is 12.8. The van der Waals surface area contributed by atoms with Crippen LogP contribution in [-0.2, 0) is 0 Å². The molecule has 124 valence electrons. The summed E-state index contributed by atoms with van der Waals surface area (Å²) in [6, 6.07) is 27.3. The Bertz CT molecular complexity index is 983. The molecule has 0 aliphatic rings. The summed E-state index contributed by atoms with van der Waals surface area (Å²) < 4.78 is 0. The van der Waals surface area contributed by atoms with Crippen molar-refractivity contribution in [1.29, 1.82) is 5.26 Å². The highest BCUT2D eigenvalue weighted by Crippen LogP contribution is 2.10. The van der Waals surface area contributed by atoms with E-state index in [0.717, 1.165) is 5.56 Å². The van der Waals surface area contributed by atoms with Crippen molar-refractivity contribution >= 4 is 17.7 Å². The average Bonchev–Trinajstić information content (AvgIpc) is 2.72. The fourth-order valence-electron chi connectivity index (χ4n) is 2.35. The molecule has 3 rings (SSSR count). The fourth-order valence-corrected chi connectivity index (χ4v) is 2.35. The molecule has 0 aromatic heterocycles. The van der Waals surface area contributed by atoms with Crippen LogP contribution in [0, 0.1) is 11.3 Å². The molecule has 3 aromatic rings. The number of carbonyl (C=O) groups is 1. The van der Waals surface area contributed by atoms with Crippen LogP contribution in [0.2, 0.25) is 0 Å². The van der Waals surface area contributed by atoms with E-state index < -0.39 is 0 Å². The summed E-state index contributed by atoms with van der Waals surface area (Å²) in [5, 5.41) is 17.1. The molecule has 0 amide bonds. The van der Waals surface area contributed by atoms with Gasteiger partial charge in [0.15, 0.2) is 0 Å². The Hall–Kier alpha value is -3.84. The molecule has 0 spiro atoms. The first-order valence-electron chi connectivity index (χ1n) is 8.04. The third-order valence-electron chi connectivity index (χ3n) is 3.70. The lowest BCUT2D eigenvalue weighted by atomic mass is 10.0. The van der Waals surface area contributed by atoms with Crippen molar-refractivity contribution in [3.05, 3.63) is 107 Å². The Balaban J connectivity index is 1.92. The lowest BCUT2D eigenvalue weighted by Crippen LogP contribution is -2.15. The van der Waals surface area contributed by atoms with E-state index in [4.69, 9.17) is 5.26 Å². The largest absolute Gasteiger partial charge is 0.287 e. The number of nitrogens with zero attached hydrogens (tertiary/aromatic N) is 3. The molecule has 0 saturated heterocycles. The molecule has 0 saturated carbocycles. The van der Waals surface area contributed by atoms with Gasteiger partial charge in [-0.15, -0.1) is 5.10 Å². The molecule has 0 unspecified atom stereocenters. The topological polar surface area (TPSA) is 65.6 Å². The smallest absolute Gasteiger partial charge is 0.213 e. The van der Waals surface area contributed by atoms with E-state index in [-0.39, 0.29) is 11.5 Å². The molecular weight excluding hydrogens is 322 g/mol. The minimum absolute atomic E-state index is 0.186. The number of ketones is 1. The Labute approximate surface area is 151 Å². The van der Waals surface area contributed by atoms with Crippen LogP contribution in [0.5, 0.6) is 0 Å². The molecule has 4 nitrogen and oxygen atoms in total. The van der Waals surface area contributed by atoms with Crippen LogP contribution in [0.4, 0.5) is 0 Å². The van der Waals surface area contributed by atoms with E-state index in [2.05, 4.69) is 16.3 Å². The minimum atomic E-state index is -0.186. The molecule has 26 heavy (non-hydrogen) atoms. The first-order chi connectivity index (χ1) is 12.8. The molecule has 3 aromatic carbocycles. The SMILES string of the molecule is N#Cc1ccc(C=NN=C(C(=O)c2ccccc2)c2ccccc2)cc1. The van der Waals surface area contributed by atoms with E-state index >= 15 is 0 Å². The van der Waals surface area contributed by atoms with Crippen molar-refractivity contribution in [3.8, 4) is 6.07 Å². The Kier molecular flexibility index (Phi) is 5.44. The number of carbonyl (C=O) groups excluding carboxylic acids is 1. The Morgan fingerprint density at radius 3 is 1.96 bits per heavy atom. The summed E-state index contributed by atoms with van der Waals surface area (Å²) in [6.07, 6.45) is 1.56. The molecule has 0 N–H and O–H groups in total. The van der Waals surface area contributed by atoms with E-state index in [1.165, 1.54) is 0 Å². The van der Waals surface area contributed by atoms with E-state index in [0.29, 0.717) is 16.7 Å². The predicted molar refractivity (Wildman–Crippen MR) is 103 cm³/mol. The molecule has 0 radical (unpaired) electrons. The van der Waals surface area contributed by atoms with Crippen LogP contribution in [0.3, 0.4) is 0 Å². The molecule has 0 aliphatic carbocycles. The lowest BCUT2D eigenvalue weighted by Gasteiger charge is -2.04. The summed E-state index contributed by atoms with van der Waals surface area (Å²) in [5.74, 6) is -0.186. The van der Waals surface area contributed by atoms with Crippen molar-refractivity contribution in [2.75, 3.05) is 0 Å². The van der Waals surface area contributed by atoms with Gasteiger partial charge in [0.2, 0.25) is 5.78 Å². The second kappa shape index (κ2) is 8.32. The normalized spacial score (nSPS) is 11.3. The van der Waals surface area contributed by atoms with Gasteiger partial charge >= 0.3 is 0 Å². The molecule has 0 atom stereocenters. The molecule has 0 bridgehead atoms. The number of hydrogen-bond donors (Lipinski definition) is 0. The molecule has 4 heteroatoms. The van der Waals surface area contributed by atoms with Crippen molar-refractivity contribution in [3.63, 3.8) is 0 Å². The highest BCUT2D eigenvalue weighted by molar-refractivity contribution is 6.51. The van der Waals surface area contributed by atoms with Gasteiger partial charge < -0.3 is 0 Å². The molecule has 0 aliphatic heterocycles. The first kappa shape index (κ1) is 17.0. The summed E-state index contributed by atoms with van der Waals surface area (Å²) in [6.45, 7) is 0. The van der Waals surface area contributed by atoms with Gasteiger partial charge in [0, 0.05) is 11.1 Å². The van der Waals surface area contributed by atoms with Crippen molar-refractivity contribution in [2.45, 2.75) is 0 Å². The van der Waals surface area contributed by atoms with Crippen molar-refractivity contribution < 1.29 is 4.79 Å². The van der Waals surface area contributed by atoms with Crippen LogP contribution in [0.15, 0.2) is 95.1 Å². The molecular formula is C22H15N3O. The van der Waals surface area contributed by atoms with Gasteiger partial charge in [-0.2, -0.15) is 10.4 Å². The van der Waals surface area contributed by atoms with Gasteiger partial charge in [0.05, 0.1) is 17.8 Å². The van der Waals surface area contributed by atoms with Gasteiger partial charge in [0.1, 0.15) is 5.71 Å². The van der Waals surface area contributed by atoms with E-state index in [1.807, 2.05) is 48.5 Å². The Morgan fingerprint density at radius 2 is 1.38 bits per heavy atom. The zero-order valence-corrected chi connectivity index (χ0v) is 13.9. The average molecular weight is 337 g/mol. The standard InChI is InChI=1S/C22H15N3O/c23-15-17-11-13-18(14-12-17)16-24-25-21(19-7-3-1-4-8-19)22(26)20-9-5-2-6-10-20/h1-14,16H. The number of Topliss-reactive ketones (excluding diaryl/α,β-unsaturated/α-hetero) is 1. The van der Waals surface area contributed by atoms with Gasteiger partial charge in [-0.1, -0.05) is 72.8 Å². The monoisotopic (exact) mass is 337 g/mol. The number of hydrogen-bond acceptors (Lipinski definition) is 4. The second-order valence-electron chi connectivity index (χ2n) is 5.49. The quantitative estimate of drug-likeness (QED) is 0.396. The highest BCUT2D eigenvalue weighted by Gasteiger charge is 2.15. The summed E-state index contributed by atoms with van der Waals surface area (Å²) in [7, 11) is 0. The maximum Gasteiger partial charge on any atom is 0.213 e. The summed E-state index contributed by atoms with van der Waals surface area (Å²) >= 11 is 0. The number of benzene rings is 3. The van der Waals surface area contributed by atoms with Crippen LogP contribution in [0.25, 0.3) is 0 Å². The van der Waals surface area contributed by atoms with Gasteiger partial charge in [-0.3, -0.25) is 4.79 Å². The lowest BCUT2D eigenvalue weighted by molar-refractivity contribution is 0.106. The molecule has 0 heterocycles. The number of nitriles is 1. The third-order valence-corrected chi connectivity index (χ3v) is 3.70. The van der Waals surface area contributed by atoms with Crippen molar-refractivity contribution in [1.82, 2.24) is 0 Å². The molecule has 0 fully saturated rings. The van der Waals surface area contributed by atoms with Crippen LogP contribution < -0.4 is 0 Å². The maximum atomic E-state index is 12.8. The summed E-state index contributed by atoms with van der Waals surface area (Å²) in [5.41, 5.74) is 2.92. The van der Waals surface area contributed by atoms with Gasteiger partial charge in [-0.25, -0.2) is 0 Å². The van der Waals surface area contributed by atoms with Gasteiger partial charge in [-0.05, 0) is 17.7 Å². The second-order valence-corrected chi connectivity index (χ2v) is 5.49. The first-order valence-corrected chi connectivity index (χ1v) is 8.04. The van der Waals surface area contributed by atoms with E-state index in [9.17, 15) is 4.79 Å². The highest BCUT2D eigenvalue weighted by atomic mass is 16.1. The zero-order valence-electron chi connectivity index (χ0n) is 13.9. The van der Waals surface area contributed by atoms with Gasteiger partial charge in [0.25, 0.3) is 0 Å². The maximum absolute atomic E-state index is 12.8. The Morgan fingerprint density at radius 1 is 0.808 bits per heavy atom. The fraction of sp³-hybridized carbons (Fsp3) is 0.